The van der Waals surface area contributed by atoms with Crippen molar-refractivity contribution in [2.24, 2.45) is 5.10 Å². The molecular formula is C23H25N3O5. The lowest BCUT2D eigenvalue weighted by Crippen LogP contribution is -2.55. The molecule has 8 nitrogen and oxygen atoms in total. The first-order valence-corrected chi connectivity index (χ1v) is 10.3. The van der Waals surface area contributed by atoms with Gasteiger partial charge in [0.2, 0.25) is 0 Å². The third kappa shape index (κ3) is 4.33. The maximum atomic E-state index is 12.1. The minimum atomic E-state index is -0.833. The highest BCUT2D eigenvalue weighted by molar-refractivity contribution is 6.09. The van der Waals surface area contributed by atoms with Crippen LogP contribution in [0.25, 0.3) is 11.1 Å². The number of hydrogen-bond donors (Lipinski definition) is 2. The molecule has 1 fully saturated rings. The van der Waals surface area contributed by atoms with Crippen molar-refractivity contribution in [1.29, 1.82) is 0 Å². The number of amidine groups is 1. The maximum absolute atomic E-state index is 12.1. The molecular weight excluding hydrogens is 398 g/mol. The number of rotatable bonds is 3. The molecule has 2 aromatic carbocycles. The van der Waals surface area contributed by atoms with Crippen LogP contribution in [0.3, 0.4) is 0 Å². The van der Waals surface area contributed by atoms with E-state index in [0.717, 1.165) is 48.1 Å². The molecule has 0 spiro atoms. The van der Waals surface area contributed by atoms with E-state index in [2.05, 4.69) is 22.7 Å². The predicted octanol–water partition coefficient (Wildman–Crippen LogP) is 3.41. The molecule has 2 aromatic rings. The first kappa shape index (κ1) is 20.7. The molecule has 0 bridgehead atoms. The van der Waals surface area contributed by atoms with Gasteiger partial charge in [-0.05, 0) is 37.8 Å². The molecule has 0 radical (unpaired) electrons. The summed E-state index contributed by atoms with van der Waals surface area (Å²) in [6, 6.07) is 13.9. The summed E-state index contributed by atoms with van der Waals surface area (Å²) in [5, 5.41) is 11.6. The third-order valence-electron chi connectivity index (χ3n) is 5.45. The summed E-state index contributed by atoms with van der Waals surface area (Å²) in [5.41, 5.74) is 5.49. The van der Waals surface area contributed by atoms with E-state index < -0.39 is 5.97 Å². The Labute approximate surface area is 180 Å². The fraction of sp³-hybridized carbons (Fsp3) is 0.348. The standard InChI is InChI=1S/C21H21N3O3.C2H4O2/c1-13-21(25)23-22-20-12-26-19-10-16(14-6-3-2-4-7-14)18(11-17(19)24(13)20)27-15-8-5-9-15;1-2(3)4/h2-4,6-7,10-11,13,15H,5,8-9,12H2,1H3,(H,23,25);1H3,(H,3,4). The van der Waals surface area contributed by atoms with E-state index in [9.17, 15) is 4.79 Å². The largest absolute Gasteiger partial charge is 0.490 e. The van der Waals surface area contributed by atoms with Gasteiger partial charge < -0.3 is 19.5 Å². The number of aliphatic carboxylic acids is 1. The van der Waals surface area contributed by atoms with Crippen molar-refractivity contribution in [1.82, 2.24) is 5.43 Å². The van der Waals surface area contributed by atoms with Crippen LogP contribution in [0.4, 0.5) is 5.69 Å². The van der Waals surface area contributed by atoms with Gasteiger partial charge >= 0.3 is 0 Å². The van der Waals surface area contributed by atoms with Crippen molar-refractivity contribution in [3.05, 3.63) is 42.5 Å². The minimum absolute atomic E-state index is 0.125. The number of carbonyl (C=O) groups is 2. The summed E-state index contributed by atoms with van der Waals surface area (Å²) in [4.78, 5) is 23.1. The van der Waals surface area contributed by atoms with Gasteiger partial charge in [0.15, 0.2) is 5.84 Å². The predicted molar refractivity (Wildman–Crippen MR) is 116 cm³/mol. The second-order valence-corrected chi connectivity index (χ2v) is 7.71. The number of carboxylic acid groups (broad SMARTS) is 1. The molecule has 1 saturated carbocycles. The van der Waals surface area contributed by atoms with Crippen molar-refractivity contribution < 1.29 is 24.2 Å². The highest BCUT2D eigenvalue weighted by Gasteiger charge is 2.36. The van der Waals surface area contributed by atoms with Crippen molar-refractivity contribution in [3.63, 3.8) is 0 Å². The van der Waals surface area contributed by atoms with Crippen molar-refractivity contribution >= 4 is 23.4 Å². The number of fused-ring (bicyclic) bond motifs is 3. The highest BCUT2D eigenvalue weighted by Crippen LogP contribution is 2.44. The zero-order valence-electron chi connectivity index (χ0n) is 17.5. The van der Waals surface area contributed by atoms with E-state index in [1.54, 1.807) is 0 Å². The number of amides is 1. The fourth-order valence-corrected chi connectivity index (χ4v) is 3.66. The number of carboxylic acids is 1. The number of anilines is 1. The summed E-state index contributed by atoms with van der Waals surface area (Å²) in [7, 11) is 0. The molecule has 5 rings (SSSR count). The highest BCUT2D eigenvalue weighted by atomic mass is 16.5. The summed E-state index contributed by atoms with van der Waals surface area (Å²) in [6.45, 7) is 3.28. The summed E-state index contributed by atoms with van der Waals surface area (Å²) < 4.78 is 12.3. The molecule has 162 valence electrons. The number of carbonyl (C=O) groups excluding carboxylic acids is 1. The van der Waals surface area contributed by atoms with Crippen LogP contribution in [0.5, 0.6) is 11.5 Å². The average Bonchev–Trinajstić information content (AvgIpc) is 2.72. The smallest absolute Gasteiger partial charge is 0.300 e. The van der Waals surface area contributed by atoms with Crippen LogP contribution in [-0.2, 0) is 9.59 Å². The van der Waals surface area contributed by atoms with Gasteiger partial charge in [0.1, 0.15) is 24.1 Å². The lowest BCUT2D eigenvalue weighted by atomic mass is 9.95. The SMILES string of the molecule is CC(=O)O.CC1C(=O)NN=C2COc3cc(-c4ccccc4)c(OC4CCC4)cc3N21. The number of hydrazone groups is 1. The second kappa shape index (κ2) is 8.67. The second-order valence-electron chi connectivity index (χ2n) is 7.71. The van der Waals surface area contributed by atoms with Crippen LogP contribution >= 0.6 is 0 Å². The minimum Gasteiger partial charge on any atom is -0.490 e. The molecule has 8 heteroatoms. The van der Waals surface area contributed by atoms with E-state index in [0.29, 0.717) is 12.4 Å². The average molecular weight is 423 g/mol. The summed E-state index contributed by atoms with van der Waals surface area (Å²) in [5.74, 6) is 1.32. The van der Waals surface area contributed by atoms with E-state index in [1.807, 2.05) is 42.2 Å². The van der Waals surface area contributed by atoms with Gasteiger partial charge in [0.25, 0.3) is 11.9 Å². The van der Waals surface area contributed by atoms with Gasteiger partial charge in [-0.3, -0.25) is 9.59 Å². The first-order chi connectivity index (χ1) is 14.9. The van der Waals surface area contributed by atoms with Crippen LogP contribution in [0, 0.1) is 0 Å². The van der Waals surface area contributed by atoms with Gasteiger partial charge in [0, 0.05) is 18.6 Å². The molecule has 3 aliphatic rings. The Morgan fingerprint density at radius 3 is 2.61 bits per heavy atom. The zero-order chi connectivity index (χ0) is 22.0. The van der Waals surface area contributed by atoms with Crippen LogP contribution in [0.2, 0.25) is 0 Å². The maximum Gasteiger partial charge on any atom is 0.300 e. The Morgan fingerprint density at radius 1 is 1.26 bits per heavy atom. The Bertz CT molecular complexity index is 1010. The number of ether oxygens (including phenoxy) is 2. The Balaban J connectivity index is 0.000000535. The molecule has 2 N–H and O–H groups in total. The number of nitrogens with one attached hydrogen (secondary N) is 1. The van der Waals surface area contributed by atoms with Crippen molar-refractivity contribution in [2.45, 2.75) is 45.3 Å². The van der Waals surface area contributed by atoms with Gasteiger partial charge in [-0.1, -0.05) is 30.3 Å². The van der Waals surface area contributed by atoms with E-state index in [-0.39, 0.29) is 18.1 Å². The molecule has 1 unspecified atom stereocenters. The van der Waals surface area contributed by atoms with Crippen LogP contribution in [0.15, 0.2) is 47.6 Å². The topological polar surface area (TPSA) is 100 Å². The molecule has 0 aromatic heterocycles. The molecule has 2 aliphatic heterocycles. The van der Waals surface area contributed by atoms with Crippen LogP contribution in [0.1, 0.15) is 33.1 Å². The van der Waals surface area contributed by atoms with E-state index in [1.165, 1.54) is 6.42 Å². The van der Waals surface area contributed by atoms with Gasteiger partial charge in [-0.15, -0.1) is 0 Å². The van der Waals surface area contributed by atoms with Crippen molar-refractivity contribution in [3.8, 4) is 22.6 Å². The van der Waals surface area contributed by atoms with E-state index >= 15 is 0 Å². The van der Waals surface area contributed by atoms with Gasteiger partial charge in [0.05, 0.1) is 11.8 Å². The van der Waals surface area contributed by atoms with Crippen LogP contribution in [-0.4, -0.2) is 41.6 Å². The Hall–Kier alpha value is -3.55. The molecule has 1 amide bonds. The molecule has 2 heterocycles. The normalized spacial score (nSPS) is 19.3. The molecule has 31 heavy (non-hydrogen) atoms. The summed E-state index contributed by atoms with van der Waals surface area (Å²) >= 11 is 0. The van der Waals surface area contributed by atoms with Crippen molar-refractivity contribution in [2.75, 3.05) is 11.5 Å². The third-order valence-corrected chi connectivity index (χ3v) is 5.45. The van der Waals surface area contributed by atoms with Crippen LogP contribution < -0.4 is 19.8 Å². The Morgan fingerprint density at radius 2 is 1.97 bits per heavy atom. The first-order valence-electron chi connectivity index (χ1n) is 10.3. The summed E-state index contributed by atoms with van der Waals surface area (Å²) in [6.07, 6.45) is 3.62. The molecule has 1 aliphatic carbocycles. The quantitative estimate of drug-likeness (QED) is 0.785. The lowest BCUT2D eigenvalue weighted by Gasteiger charge is -2.38. The monoisotopic (exact) mass is 423 g/mol. The molecule has 1 atom stereocenters. The number of hydrogen-bond acceptors (Lipinski definition) is 6. The Kier molecular flexibility index (Phi) is 5.79. The number of benzene rings is 2. The van der Waals surface area contributed by atoms with Gasteiger partial charge in [-0.25, -0.2) is 5.43 Å². The van der Waals surface area contributed by atoms with E-state index in [4.69, 9.17) is 19.4 Å². The lowest BCUT2D eigenvalue weighted by molar-refractivity contribution is -0.134. The fourth-order valence-electron chi connectivity index (χ4n) is 3.66. The zero-order valence-corrected chi connectivity index (χ0v) is 17.5. The number of nitrogens with zero attached hydrogens (tertiary/aromatic N) is 2. The van der Waals surface area contributed by atoms with Gasteiger partial charge in [-0.2, -0.15) is 5.10 Å². The molecule has 0 saturated heterocycles.